The Morgan fingerprint density at radius 2 is 1.23 bits per heavy atom. The first-order valence-corrected chi connectivity index (χ1v) is 15.2. The van der Waals surface area contributed by atoms with E-state index in [9.17, 15) is 0 Å². The second-order valence-corrected chi connectivity index (χ2v) is 11.7. The average Bonchev–Trinajstić information content (AvgIpc) is 3.47. The maximum atomic E-state index is 5.16. The summed E-state index contributed by atoms with van der Waals surface area (Å²) in [7, 11) is 0. The number of fused-ring (bicyclic) bond motifs is 2. The predicted molar refractivity (Wildman–Crippen MR) is 184 cm³/mol. The highest BCUT2D eigenvalue weighted by Gasteiger charge is 2.17. The fourth-order valence-corrected chi connectivity index (χ4v) is 6.27. The van der Waals surface area contributed by atoms with Crippen LogP contribution in [-0.4, -0.2) is 19.5 Å². The van der Waals surface area contributed by atoms with Gasteiger partial charge in [-0.2, -0.15) is 0 Å². The predicted octanol–water partition coefficient (Wildman–Crippen LogP) is 10.4. The standard InChI is InChI=1S/C39H25BrN4/c40-35-21-32(20-33(22-35)31-9-6-18-41-24-31)27-12-15-28(16-13-27)38-43-37-23-34(30-17-14-26-7-4-5-8-29(26)19-30)25-42-39(37)44(38)36-10-2-1-3-11-36/h1-25H. The highest BCUT2D eigenvalue weighted by atomic mass is 79.9. The van der Waals surface area contributed by atoms with Crippen molar-refractivity contribution >= 4 is 37.9 Å². The maximum Gasteiger partial charge on any atom is 0.164 e. The average molecular weight is 630 g/mol. The van der Waals surface area contributed by atoms with E-state index in [1.54, 1.807) is 6.20 Å². The molecule has 0 aliphatic heterocycles. The zero-order valence-electron chi connectivity index (χ0n) is 23.6. The summed E-state index contributed by atoms with van der Waals surface area (Å²) in [5.74, 6) is 0.853. The molecule has 208 valence electrons. The molecule has 5 heteroatoms. The highest BCUT2D eigenvalue weighted by molar-refractivity contribution is 9.10. The lowest BCUT2D eigenvalue weighted by molar-refractivity contribution is 1.08. The Morgan fingerprint density at radius 3 is 2.02 bits per heavy atom. The molecule has 0 aliphatic carbocycles. The van der Waals surface area contributed by atoms with Gasteiger partial charge in [0.25, 0.3) is 0 Å². The second-order valence-electron chi connectivity index (χ2n) is 10.8. The van der Waals surface area contributed by atoms with E-state index in [0.29, 0.717) is 0 Å². The van der Waals surface area contributed by atoms with Crippen LogP contribution in [-0.2, 0) is 0 Å². The van der Waals surface area contributed by atoms with Crippen molar-refractivity contribution in [3.63, 3.8) is 0 Å². The van der Waals surface area contributed by atoms with E-state index in [0.717, 1.165) is 66.1 Å². The Hall–Kier alpha value is -5.39. The third-order valence-electron chi connectivity index (χ3n) is 7.96. The topological polar surface area (TPSA) is 43.6 Å². The van der Waals surface area contributed by atoms with Crippen LogP contribution in [0.4, 0.5) is 0 Å². The van der Waals surface area contributed by atoms with Crippen LogP contribution in [0.5, 0.6) is 0 Å². The molecule has 0 saturated carbocycles. The van der Waals surface area contributed by atoms with E-state index in [4.69, 9.17) is 9.97 Å². The largest absolute Gasteiger partial charge is 0.277 e. The maximum absolute atomic E-state index is 5.16. The molecule has 3 heterocycles. The van der Waals surface area contributed by atoms with E-state index in [1.165, 1.54) is 10.8 Å². The Bertz CT molecular complexity index is 2270. The van der Waals surface area contributed by atoms with Crippen LogP contribution in [0.25, 0.3) is 72.4 Å². The molecule has 0 fully saturated rings. The summed E-state index contributed by atoms with van der Waals surface area (Å²) >= 11 is 3.71. The number of aromatic nitrogens is 4. The number of para-hydroxylation sites is 1. The van der Waals surface area contributed by atoms with Crippen LogP contribution in [0.1, 0.15) is 0 Å². The fraction of sp³-hybridized carbons (Fsp3) is 0. The molecule has 4 nitrogen and oxygen atoms in total. The van der Waals surface area contributed by atoms with E-state index >= 15 is 0 Å². The number of hydrogen-bond donors (Lipinski definition) is 0. The van der Waals surface area contributed by atoms with Crippen molar-refractivity contribution in [3.05, 3.63) is 157 Å². The molecule has 0 aliphatic rings. The molecule has 0 unspecified atom stereocenters. The van der Waals surface area contributed by atoms with E-state index in [2.05, 4.69) is 135 Å². The van der Waals surface area contributed by atoms with Gasteiger partial charge in [-0.05, 0) is 81.6 Å². The van der Waals surface area contributed by atoms with Gasteiger partial charge in [0.05, 0.1) is 0 Å². The Labute approximate surface area is 263 Å². The summed E-state index contributed by atoms with van der Waals surface area (Å²) in [5.41, 5.74) is 10.3. The van der Waals surface area contributed by atoms with Gasteiger partial charge in [-0.3, -0.25) is 9.55 Å². The van der Waals surface area contributed by atoms with Gasteiger partial charge < -0.3 is 0 Å². The van der Waals surface area contributed by atoms with Crippen molar-refractivity contribution < 1.29 is 0 Å². The van der Waals surface area contributed by atoms with Gasteiger partial charge in [0.2, 0.25) is 0 Å². The number of pyridine rings is 2. The quantitative estimate of drug-likeness (QED) is 0.190. The molecule has 0 atom stereocenters. The lowest BCUT2D eigenvalue weighted by Gasteiger charge is -2.11. The summed E-state index contributed by atoms with van der Waals surface area (Å²) in [4.78, 5) is 14.4. The Kier molecular flexibility index (Phi) is 6.58. The van der Waals surface area contributed by atoms with Crippen molar-refractivity contribution in [1.29, 1.82) is 0 Å². The third kappa shape index (κ3) is 4.87. The van der Waals surface area contributed by atoms with Crippen molar-refractivity contribution in [1.82, 2.24) is 19.5 Å². The van der Waals surface area contributed by atoms with Gasteiger partial charge in [0.1, 0.15) is 11.3 Å². The zero-order chi connectivity index (χ0) is 29.5. The number of nitrogens with zero attached hydrogens (tertiary/aromatic N) is 4. The van der Waals surface area contributed by atoms with Gasteiger partial charge in [0.15, 0.2) is 5.65 Å². The van der Waals surface area contributed by atoms with Gasteiger partial charge in [-0.15, -0.1) is 0 Å². The minimum absolute atomic E-state index is 0.827. The van der Waals surface area contributed by atoms with Gasteiger partial charge in [-0.25, -0.2) is 9.97 Å². The number of rotatable bonds is 5. The summed E-state index contributed by atoms with van der Waals surface area (Å²) in [5, 5.41) is 2.43. The van der Waals surface area contributed by atoms with Crippen molar-refractivity contribution in [2.45, 2.75) is 0 Å². The smallest absolute Gasteiger partial charge is 0.164 e. The molecular formula is C39H25BrN4. The molecule has 0 bridgehead atoms. The van der Waals surface area contributed by atoms with Crippen molar-refractivity contribution in [2.24, 2.45) is 0 Å². The summed E-state index contributed by atoms with van der Waals surface area (Å²) in [6.07, 6.45) is 5.64. The number of hydrogen-bond acceptors (Lipinski definition) is 3. The van der Waals surface area contributed by atoms with Gasteiger partial charge in [0, 0.05) is 45.4 Å². The molecule has 0 amide bonds. The molecule has 5 aromatic carbocycles. The number of imidazole rings is 1. The minimum Gasteiger partial charge on any atom is -0.277 e. The van der Waals surface area contributed by atoms with Crippen molar-refractivity contribution in [3.8, 4) is 50.5 Å². The van der Waals surface area contributed by atoms with E-state index in [-0.39, 0.29) is 0 Å². The van der Waals surface area contributed by atoms with Crippen LogP contribution in [0.3, 0.4) is 0 Å². The van der Waals surface area contributed by atoms with E-state index in [1.807, 2.05) is 36.7 Å². The lowest BCUT2D eigenvalue weighted by atomic mass is 9.99. The third-order valence-corrected chi connectivity index (χ3v) is 8.42. The molecular weight excluding hydrogens is 604 g/mol. The zero-order valence-corrected chi connectivity index (χ0v) is 25.2. The first-order valence-electron chi connectivity index (χ1n) is 14.4. The molecule has 0 N–H and O–H groups in total. The Morgan fingerprint density at radius 1 is 0.500 bits per heavy atom. The van der Waals surface area contributed by atoms with Crippen molar-refractivity contribution in [2.75, 3.05) is 0 Å². The summed E-state index contributed by atoms with van der Waals surface area (Å²) in [6.45, 7) is 0. The molecule has 0 saturated heterocycles. The van der Waals surface area contributed by atoms with Crippen LogP contribution < -0.4 is 0 Å². The molecule has 0 radical (unpaired) electrons. The normalized spacial score (nSPS) is 11.3. The number of halogens is 1. The van der Waals surface area contributed by atoms with Crippen LogP contribution in [0, 0.1) is 0 Å². The van der Waals surface area contributed by atoms with Gasteiger partial charge in [-0.1, -0.05) is 101 Å². The molecule has 3 aromatic heterocycles. The molecule has 8 rings (SSSR count). The molecule has 44 heavy (non-hydrogen) atoms. The summed E-state index contributed by atoms with van der Waals surface area (Å²) < 4.78 is 3.17. The first-order chi connectivity index (χ1) is 21.7. The lowest BCUT2D eigenvalue weighted by Crippen LogP contribution is -1.98. The molecule has 8 aromatic rings. The first kappa shape index (κ1) is 26.3. The fourth-order valence-electron chi connectivity index (χ4n) is 5.78. The SMILES string of the molecule is Brc1cc(-c2ccc(-c3nc4cc(-c5ccc6ccccc6c5)cnc4n3-c3ccccc3)cc2)cc(-c2cccnc2)c1. The number of benzene rings is 5. The van der Waals surface area contributed by atoms with E-state index < -0.39 is 0 Å². The van der Waals surface area contributed by atoms with Crippen LogP contribution in [0.15, 0.2) is 157 Å². The van der Waals surface area contributed by atoms with Crippen LogP contribution >= 0.6 is 15.9 Å². The monoisotopic (exact) mass is 628 g/mol. The minimum atomic E-state index is 0.827. The van der Waals surface area contributed by atoms with Crippen LogP contribution in [0.2, 0.25) is 0 Å². The summed E-state index contributed by atoms with van der Waals surface area (Å²) in [6, 6.07) is 46.5. The molecule has 0 spiro atoms. The van der Waals surface area contributed by atoms with Gasteiger partial charge >= 0.3 is 0 Å². The Balaban J connectivity index is 1.22. The highest BCUT2D eigenvalue weighted by Crippen LogP contribution is 2.34. The second kappa shape index (κ2) is 11.0.